The molecule has 1 saturated heterocycles. The van der Waals surface area contributed by atoms with Gasteiger partial charge < -0.3 is 15.3 Å². The molecule has 0 spiro atoms. The Hall–Kier alpha value is -2.07. The Labute approximate surface area is 137 Å². The van der Waals surface area contributed by atoms with Crippen LogP contribution in [0.1, 0.15) is 26.2 Å². The average Bonchev–Trinajstić information content (AvgIpc) is 2.59. The van der Waals surface area contributed by atoms with Crippen LogP contribution in [0.25, 0.3) is 10.8 Å². The number of rotatable bonds is 4. The van der Waals surface area contributed by atoms with Gasteiger partial charge in [-0.2, -0.15) is 0 Å². The molecule has 1 amide bonds. The lowest BCUT2D eigenvalue weighted by Crippen LogP contribution is -2.39. The van der Waals surface area contributed by atoms with Crippen molar-refractivity contribution in [2.24, 2.45) is 5.92 Å². The molecule has 0 bridgehead atoms. The Balaban J connectivity index is 1.89. The Kier molecular flexibility index (Phi) is 4.82. The number of aromatic hydroxyl groups is 1. The second-order valence-electron chi connectivity index (χ2n) is 6.27. The van der Waals surface area contributed by atoms with Crippen molar-refractivity contribution in [3.8, 4) is 5.75 Å². The summed E-state index contributed by atoms with van der Waals surface area (Å²) in [6, 6.07) is 11.3. The van der Waals surface area contributed by atoms with Crippen LogP contribution in [0, 0.1) is 5.92 Å². The zero-order valence-electron chi connectivity index (χ0n) is 13.6. The number of carbonyl (C=O) groups excluding carboxylic acids is 1. The largest absolute Gasteiger partial charge is 0.508 e. The predicted molar refractivity (Wildman–Crippen MR) is 93.9 cm³/mol. The van der Waals surface area contributed by atoms with Crippen molar-refractivity contribution < 1.29 is 9.90 Å². The normalized spacial score (nSPS) is 15.7. The van der Waals surface area contributed by atoms with E-state index in [1.54, 1.807) is 12.1 Å². The van der Waals surface area contributed by atoms with Crippen LogP contribution in [0.3, 0.4) is 0 Å². The number of piperidine rings is 1. The van der Waals surface area contributed by atoms with Gasteiger partial charge in [0, 0.05) is 18.7 Å². The smallest absolute Gasteiger partial charge is 0.226 e. The van der Waals surface area contributed by atoms with E-state index in [9.17, 15) is 9.90 Å². The molecule has 1 aliphatic rings. The molecule has 0 saturated carbocycles. The molecule has 0 aliphatic carbocycles. The number of nitrogens with one attached hydrogen (secondary N) is 1. The summed E-state index contributed by atoms with van der Waals surface area (Å²) in [7, 11) is 0. The van der Waals surface area contributed by atoms with Crippen molar-refractivity contribution in [1.82, 2.24) is 5.32 Å². The van der Waals surface area contributed by atoms with Crippen LogP contribution in [-0.4, -0.2) is 30.6 Å². The third-order valence-corrected chi connectivity index (χ3v) is 4.62. The number of hydrogen-bond donors (Lipinski definition) is 2. The number of phenols is 1. The first-order valence-corrected chi connectivity index (χ1v) is 8.41. The molecule has 0 atom stereocenters. The van der Waals surface area contributed by atoms with Crippen molar-refractivity contribution >= 4 is 22.4 Å². The molecule has 2 aromatic carbocycles. The van der Waals surface area contributed by atoms with Crippen molar-refractivity contribution in [3.63, 3.8) is 0 Å². The van der Waals surface area contributed by atoms with Gasteiger partial charge >= 0.3 is 0 Å². The minimum absolute atomic E-state index is 0.168. The fraction of sp³-hybridized carbons (Fsp3) is 0.421. The molecule has 23 heavy (non-hydrogen) atoms. The highest BCUT2D eigenvalue weighted by Gasteiger charge is 2.21. The highest BCUT2D eigenvalue weighted by molar-refractivity contribution is 5.96. The molecule has 1 heterocycles. The zero-order chi connectivity index (χ0) is 16.2. The van der Waals surface area contributed by atoms with Gasteiger partial charge in [-0.15, -0.1) is 0 Å². The van der Waals surface area contributed by atoms with E-state index in [0.717, 1.165) is 48.9 Å². The molecule has 0 aromatic heterocycles. The minimum atomic E-state index is 0.168. The number of benzene rings is 2. The first-order valence-electron chi connectivity index (χ1n) is 8.41. The second kappa shape index (κ2) is 7.01. The van der Waals surface area contributed by atoms with Gasteiger partial charge in [-0.05, 0) is 66.9 Å². The third-order valence-electron chi connectivity index (χ3n) is 4.62. The molecule has 0 radical (unpaired) electrons. The van der Waals surface area contributed by atoms with Gasteiger partial charge in [-0.25, -0.2) is 0 Å². The fourth-order valence-electron chi connectivity index (χ4n) is 3.25. The van der Waals surface area contributed by atoms with Gasteiger partial charge in [-0.1, -0.05) is 19.1 Å². The Bertz CT molecular complexity index is 693. The average molecular weight is 312 g/mol. The monoisotopic (exact) mass is 312 g/mol. The zero-order valence-corrected chi connectivity index (χ0v) is 13.6. The molecule has 4 heteroatoms. The molecular weight excluding hydrogens is 288 g/mol. The maximum Gasteiger partial charge on any atom is 0.226 e. The Morgan fingerprint density at radius 1 is 1.17 bits per heavy atom. The summed E-state index contributed by atoms with van der Waals surface area (Å²) in [5, 5.41) is 15.0. The molecule has 122 valence electrons. The molecule has 1 fully saturated rings. The minimum Gasteiger partial charge on any atom is -0.508 e. The van der Waals surface area contributed by atoms with E-state index in [-0.39, 0.29) is 11.7 Å². The van der Waals surface area contributed by atoms with Gasteiger partial charge in [-0.3, -0.25) is 4.79 Å². The Morgan fingerprint density at radius 3 is 2.61 bits per heavy atom. The van der Waals surface area contributed by atoms with E-state index in [2.05, 4.69) is 5.32 Å². The Morgan fingerprint density at radius 2 is 1.87 bits per heavy atom. The van der Waals surface area contributed by atoms with E-state index in [0.29, 0.717) is 12.3 Å². The lowest BCUT2D eigenvalue weighted by Gasteiger charge is -2.30. The van der Waals surface area contributed by atoms with E-state index >= 15 is 0 Å². The number of carbonyl (C=O) groups is 1. The van der Waals surface area contributed by atoms with Crippen molar-refractivity contribution in [2.75, 3.05) is 24.5 Å². The summed E-state index contributed by atoms with van der Waals surface area (Å²) >= 11 is 0. The SMILES string of the molecule is CCC(=O)N(CC1CCNCC1)c1ccc2cc(O)ccc2c1. The van der Waals surface area contributed by atoms with Crippen molar-refractivity contribution in [3.05, 3.63) is 36.4 Å². The number of hydrogen-bond acceptors (Lipinski definition) is 3. The van der Waals surface area contributed by atoms with Crippen LogP contribution in [0.2, 0.25) is 0 Å². The first kappa shape index (κ1) is 15.8. The maximum atomic E-state index is 12.4. The van der Waals surface area contributed by atoms with Crippen LogP contribution in [0.4, 0.5) is 5.69 Å². The van der Waals surface area contributed by atoms with Gasteiger partial charge in [0.2, 0.25) is 5.91 Å². The molecule has 0 unspecified atom stereocenters. The van der Waals surface area contributed by atoms with Crippen LogP contribution in [-0.2, 0) is 4.79 Å². The first-order chi connectivity index (χ1) is 11.2. The van der Waals surface area contributed by atoms with Gasteiger partial charge in [0.1, 0.15) is 5.75 Å². The van der Waals surface area contributed by atoms with Gasteiger partial charge in [0.15, 0.2) is 0 Å². The summed E-state index contributed by atoms with van der Waals surface area (Å²) in [6.07, 6.45) is 2.75. The van der Waals surface area contributed by atoms with Crippen LogP contribution in [0.15, 0.2) is 36.4 Å². The number of amides is 1. The standard InChI is InChI=1S/C19H24N2O2/c1-2-19(23)21(13-14-7-9-20-10-8-14)17-5-3-16-12-18(22)6-4-15(16)11-17/h3-6,11-12,14,20,22H,2,7-10,13H2,1H3. The van der Waals surface area contributed by atoms with Crippen LogP contribution < -0.4 is 10.2 Å². The molecule has 3 rings (SSSR count). The summed E-state index contributed by atoms with van der Waals surface area (Å²) in [5.74, 6) is 0.991. The quantitative estimate of drug-likeness (QED) is 0.911. The van der Waals surface area contributed by atoms with Crippen molar-refractivity contribution in [2.45, 2.75) is 26.2 Å². The number of fused-ring (bicyclic) bond motifs is 1. The molecular formula is C19H24N2O2. The highest BCUT2D eigenvalue weighted by Crippen LogP contribution is 2.27. The third kappa shape index (κ3) is 3.64. The van der Waals surface area contributed by atoms with Crippen molar-refractivity contribution in [1.29, 1.82) is 0 Å². The summed E-state index contributed by atoms with van der Waals surface area (Å²) in [5.41, 5.74) is 0.952. The van der Waals surface area contributed by atoms with Gasteiger partial charge in [0.25, 0.3) is 0 Å². The van der Waals surface area contributed by atoms with E-state index in [1.807, 2.05) is 36.1 Å². The fourth-order valence-corrected chi connectivity index (χ4v) is 3.25. The molecule has 2 N–H and O–H groups in total. The van der Waals surface area contributed by atoms with E-state index < -0.39 is 0 Å². The predicted octanol–water partition coefficient (Wildman–Crippen LogP) is 3.29. The lowest BCUT2D eigenvalue weighted by molar-refractivity contribution is -0.118. The second-order valence-corrected chi connectivity index (χ2v) is 6.27. The number of phenolic OH excluding ortho intramolecular Hbond substituents is 1. The molecule has 1 aliphatic heterocycles. The van der Waals surface area contributed by atoms with E-state index in [4.69, 9.17) is 0 Å². The van der Waals surface area contributed by atoms with E-state index in [1.165, 1.54) is 0 Å². The summed E-state index contributed by atoms with van der Waals surface area (Å²) < 4.78 is 0. The topological polar surface area (TPSA) is 52.6 Å². The maximum absolute atomic E-state index is 12.4. The number of nitrogens with zero attached hydrogens (tertiary/aromatic N) is 1. The number of anilines is 1. The summed E-state index contributed by atoms with van der Waals surface area (Å²) in [6.45, 7) is 4.78. The van der Waals surface area contributed by atoms with Crippen LogP contribution >= 0.6 is 0 Å². The summed E-state index contributed by atoms with van der Waals surface area (Å²) in [4.78, 5) is 14.4. The van der Waals surface area contributed by atoms with Gasteiger partial charge in [0.05, 0.1) is 0 Å². The molecule has 2 aromatic rings. The lowest BCUT2D eigenvalue weighted by atomic mass is 9.97. The molecule has 4 nitrogen and oxygen atoms in total. The highest BCUT2D eigenvalue weighted by atomic mass is 16.3. The van der Waals surface area contributed by atoms with Crippen LogP contribution in [0.5, 0.6) is 5.75 Å².